The summed E-state index contributed by atoms with van der Waals surface area (Å²) in [4.78, 5) is 15.8. The van der Waals surface area contributed by atoms with Gasteiger partial charge in [0.15, 0.2) is 4.90 Å². The molecule has 5 rings (SSSR count). The maximum absolute atomic E-state index is 13.1. The van der Waals surface area contributed by atoms with E-state index in [1.54, 1.807) is 24.3 Å². The molecule has 0 bridgehead atoms. The standard InChI is InChI=1S/C25H27N3O3S/c1-17(2)32(30)19-10-8-18(9-11-19)24(29)28-14-12-25(13-15-28)21-16-26-27(3)23(21)20-6-4-5-7-22(20)31-25/h4-11,16-17H,12-15H2,1-3H3. The van der Waals surface area contributed by atoms with Crippen LogP contribution in [-0.4, -0.2) is 43.5 Å². The fourth-order valence-corrected chi connectivity index (χ4v) is 5.68. The maximum Gasteiger partial charge on any atom is 0.253 e. The molecule has 1 saturated heterocycles. The van der Waals surface area contributed by atoms with Crippen molar-refractivity contribution in [2.75, 3.05) is 13.1 Å². The van der Waals surface area contributed by atoms with Crippen LogP contribution in [0.4, 0.5) is 0 Å². The van der Waals surface area contributed by atoms with Crippen molar-refractivity contribution in [2.24, 2.45) is 7.05 Å². The molecular weight excluding hydrogens is 422 g/mol. The number of piperidine rings is 1. The molecule has 3 heterocycles. The zero-order chi connectivity index (χ0) is 22.5. The van der Waals surface area contributed by atoms with Gasteiger partial charge in [-0.15, -0.1) is 0 Å². The highest BCUT2D eigenvalue weighted by atomic mass is 32.2. The van der Waals surface area contributed by atoms with Crippen molar-refractivity contribution < 1.29 is 14.1 Å². The first kappa shape index (κ1) is 21.1. The van der Waals surface area contributed by atoms with Gasteiger partial charge in [-0.1, -0.05) is 12.1 Å². The van der Waals surface area contributed by atoms with E-state index in [0.29, 0.717) is 31.5 Å². The van der Waals surface area contributed by atoms with Crippen molar-refractivity contribution >= 4 is 17.1 Å². The average Bonchev–Trinajstić information content (AvgIpc) is 3.21. The molecular formula is C25H27N3O3S. The summed E-state index contributed by atoms with van der Waals surface area (Å²) in [5.74, 6) is 0.876. The van der Waals surface area contributed by atoms with Gasteiger partial charge in [0.2, 0.25) is 0 Å². The van der Waals surface area contributed by atoms with E-state index in [2.05, 4.69) is 11.2 Å². The number of nitrogens with zero attached hydrogens (tertiary/aromatic N) is 3. The van der Waals surface area contributed by atoms with E-state index < -0.39 is 16.8 Å². The third kappa shape index (κ3) is 3.40. The number of aryl methyl sites for hydroxylation is 1. The summed E-state index contributed by atoms with van der Waals surface area (Å²) in [7, 11) is 1.96. The third-order valence-corrected chi connectivity index (χ3v) is 8.09. The van der Waals surface area contributed by atoms with Gasteiger partial charge in [0, 0.05) is 49.7 Å². The normalized spacial score (nSPS) is 17.6. The van der Waals surface area contributed by atoms with Gasteiger partial charge < -0.3 is 14.2 Å². The Morgan fingerprint density at radius 2 is 1.81 bits per heavy atom. The molecule has 1 aromatic heterocycles. The van der Waals surface area contributed by atoms with Crippen molar-refractivity contribution in [3.8, 4) is 17.0 Å². The van der Waals surface area contributed by atoms with E-state index in [-0.39, 0.29) is 11.2 Å². The number of aromatic nitrogens is 2. The van der Waals surface area contributed by atoms with Gasteiger partial charge in [0.25, 0.3) is 5.91 Å². The Morgan fingerprint density at radius 3 is 2.50 bits per heavy atom. The number of hydrogen-bond acceptors (Lipinski definition) is 4. The van der Waals surface area contributed by atoms with Crippen molar-refractivity contribution in [1.29, 1.82) is 0 Å². The first-order chi connectivity index (χ1) is 15.4. The van der Waals surface area contributed by atoms with E-state index in [1.165, 1.54) is 0 Å². The molecule has 32 heavy (non-hydrogen) atoms. The van der Waals surface area contributed by atoms with Crippen LogP contribution in [0, 0.1) is 0 Å². The van der Waals surface area contributed by atoms with Crippen LogP contribution >= 0.6 is 0 Å². The highest BCUT2D eigenvalue weighted by Crippen LogP contribution is 2.49. The van der Waals surface area contributed by atoms with E-state index >= 15 is 0 Å². The molecule has 166 valence electrons. The van der Waals surface area contributed by atoms with Crippen LogP contribution in [0.5, 0.6) is 5.75 Å². The van der Waals surface area contributed by atoms with Crippen LogP contribution in [0.2, 0.25) is 0 Å². The molecule has 7 heteroatoms. The van der Waals surface area contributed by atoms with Crippen LogP contribution in [0.15, 0.2) is 59.6 Å². The zero-order valence-corrected chi connectivity index (χ0v) is 19.4. The van der Waals surface area contributed by atoms with E-state index in [0.717, 1.165) is 27.5 Å². The molecule has 3 aromatic rings. The molecule has 2 aromatic carbocycles. The lowest BCUT2D eigenvalue weighted by molar-refractivity contribution is -0.00172. The van der Waals surface area contributed by atoms with Gasteiger partial charge in [-0.3, -0.25) is 9.48 Å². The van der Waals surface area contributed by atoms with Gasteiger partial charge in [-0.2, -0.15) is 5.10 Å². The Kier molecular flexibility index (Phi) is 5.26. The first-order valence-corrected chi connectivity index (χ1v) is 12.2. The number of fused-ring (bicyclic) bond motifs is 4. The molecule has 6 nitrogen and oxygen atoms in total. The molecule has 1 fully saturated rings. The minimum absolute atomic E-state index is 0.00403. The van der Waals surface area contributed by atoms with Crippen LogP contribution in [0.1, 0.15) is 42.6 Å². The summed E-state index contributed by atoms with van der Waals surface area (Å²) in [6.07, 6.45) is 3.33. The minimum Gasteiger partial charge on any atom is -0.611 e. The molecule has 2 aliphatic heterocycles. The van der Waals surface area contributed by atoms with Gasteiger partial charge in [-0.25, -0.2) is 0 Å². The fourth-order valence-electron chi connectivity index (χ4n) is 4.74. The highest BCUT2D eigenvalue weighted by molar-refractivity contribution is 7.92. The Bertz CT molecular complexity index is 1150. The van der Waals surface area contributed by atoms with Crippen molar-refractivity contribution in [3.63, 3.8) is 0 Å². The van der Waals surface area contributed by atoms with Crippen LogP contribution in [0.25, 0.3) is 11.3 Å². The Hall–Kier alpha value is -2.77. The Morgan fingerprint density at radius 1 is 1.12 bits per heavy atom. The van der Waals surface area contributed by atoms with Crippen LogP contribution in [-0.2, 0) is 23.8 Å². The van der Waals surface area contributed by atoms with Crippen molar-refractivity contribution in [2.45, 2.75) is 42.4 Å². The second kappa shape index (κ2) is 7.98. The number of carbonyl (C=O) groups is 1. The summed E-state index contributed by atoms with van der Waals surface area (Å²) in [5, 5.41) is 4.56. The summed E-state index contributed by atoms with van der Waals surface area (Å²) >= 11 is -1.06. The average molecular weight is 450 g/mol. The summed E-state index contributed by atoms with van der Waals surface area (Å²) in [5.41, 5.74) is 3.42. The van der Waals surface area contributed by atoms with Gasteiger partial charge >= 0.3 is 0 Å². The molecule has 0 N–H and O–H groups in total. The first-order valence-electron chi connectivity index (χ1n) is 11.0. The molecule has 1 amide bonds. The Labute approximate surface area is 191 Å². The number of hydrogen-bond donors (Lipinski definition) is 0. The smallest absolute Gasteiger partial charge is 0.253 e. The van der Waals surface area contributed by atoms with E-state index in [1.807, 2.05) is 54.9 Å². The second-order valence-electron chi connectivity index (χ2n) is 8.79. The molecule has 1 unspecified atom stereocenters. The predicted octanol–water partition coefficient (Wildman–Crippen LogP) is 4.13. The highest BCUT2D eigenvalue weighted by Gasteiger charge is 2.45. The molecule has 1 atom stereocenters. The fraction of sp³-hybridized carbons (Fsp3) is 0.360. The largest absolute Gasteiger partial charge is 0.611 e. The monoisotopic (exact) mass is 449 g/mol. The third-order valence-electron chi connectivity index (χ3n) is 6.50. The number of benzene rings is 2. The lowest BCUT2D eigenvalue weighted by Gasteiger charge is -2.44. The lowest BCUT2D eigenvalue weighted by atomic mass is 9.81. The van der Waals surface area contributed by atoms with Crippen LogP contribution < -0.4 is 4.74 Å². The lowest BCUT2D eigenvalue weighted by Crippen LogP contribution is -2.49. The van der Waals surface area contributed by atoms with Crippen molar-refractivity contribution in [3.05, 3.63) is 65.9 Å². The van der Waals surface area contributed by atoms with Gasteiger partial charge in [0.05, 0.1) is 11.9 Å². The Balaban J connectivity index is 1.35. The quantitative estimate of drug-likeness (QED) is 0.564. The maximum atomic E-state index is 13.1. The molecule has 0 aliphatic carbocycles. The van der Waals surface area contributed by atoms with E-state index in [4.69, 9.17) is 4.74 Å². The number of rotatable bonds is 3. The molecule has 2 aliphatic rings. The predicted molar refractivity (Wildman–Crippen MR) is 124 cm³/mol. The summed E-state index contributed by atoms with van der Waals surface area (Å²) < 4.78 is 20.8. The van der Waals surface area contributed by atoms with Gasteiger partial charge in [0.1, 0.15) is 16.6 Å². The minimum atomic E-state index is -1.06. The molecule has 0 saturated carbocycles. The second-order valence-corrected chi connectivity index (χ2v) is 10.8. The van der Waals surface area contributed by atoms with E-state index in [9.17, 15) is 9.35 Å². The number of likely N-dealkylation sites (tertiary alicyclic amines) is 1. The van der Waals surface area contributed by atoms with Crippen molar-refractivity contribution in [1.82, 2.24) is 14.7 Å². The van der Waals surface area contributed by atoms with Gasteiger partial charge in [-0.05, 0) is 61.4 Å². The zero-order valence-electron chi connectivity index (χ0n) is 18.6. The number of carbonyl (C=O) groups excluding carboxylic acids is 1. The molecule has 1 spiro atoms. The summed E-state index contributed by atoms with van der Waals surface area (Å²) in [6.45, 7) is 5.07. The molecule has 0 radical (unpaired) electrons. The number of ether oxygens (including phenoxy) is 1. The topological polar surface area (TPSA) is 70.4 Å². The SMILES string of the molecule is CC(C)[S+]([O-])c1ccc(C(=O)N2CCC3(CC2)Oc2ccccc2-c2c3cnn2C)cc1. The van der Waals surface area contributed by atoms with Crippen LogP contribution in [0.3, 0.4) is 0 Å². The number of para-hydroxylation sites is 1. The number of amides is 1. The summed E-state index contributed by atoms with van der Waals surface area (Å²) in [6, 6.07) is 15.3.